The second kappa shape index (κ2) is 15.0. The maximum absolute atomic E-state index is 14.4. The number of nitrogens with zero attached hydrogens (tertiary/aromatic N) is 7. The van der Waals surface area contributed by atoms with Gasteiger partial charge in [-0.3, -0.25) is 14.5 Å². The number of likely N-dealkylation sites (tertiary alicyclic amines) is 1. The lowest BCUT2D eigenvalue weighted by atomic mass is 9.76. The maximum atomic E-state index is 14.4. The van der Waals surface area contributed by atoms with Gasteiger partial charge in [0, 0.05) is 62.2 Å². The minimum absolute atomic E-state index is 0.0751. The molecule has 1 spiro atoms. The fourth-order valence-electron chi connectivity index (χ4n) is 7.19. The van der Waals surface area contributed by atoms with Crippen molar-refractivity contribution in [1.29, 1.82) is 0 Å². The van der Waals surface area contributed by atoms with Gasteiger partial charge in [0.25, 0.3) is 11.8 Å². The zero-order valence-corrected chi connectivity index (χ0v) is 28.9. The Labute approximate surface area is 273 Å². The molecule has 0 bridgehead atoms. The van der Waals surface area contributed by atoms with Crippen molar-refractivity contribution in [1.82, 2.24) is 29.9 Å². The van der Waals surface area contributed by atoms with E-state index < -0.39 is 5.82 Å². The molecule has 3 heterocycles. The topological polar surface area (TPSA) is 121 Å². The van der Waals surface area contributed by atoms with Crippen LogP contribution in [0, 0.1) is 23.1 Å². The molecule has 2 aromatic rings. The number of aromatic nitrogens is 3. The van der Waals surface area contributed by atoms with Gasteiger partial charge in [-0.15, -0.1) is 10.2 Å². The van der Waals surface area contributed by atoms with E-state index in [1.807, 2.05) is 34.6 Å². The van der Waals surface area contributed by atoms with Crippen LogP contribution in [0.5, 0.6) is 11.6 Å². The summed E-state index contributed by atoms with van der Waals surface area (Å²) in [7, 11) is 2.05. The minimum Gasteiger partial charge on any atom is -0.434 e. The van der Waals surface area contributed by atoms with Crippen LogP contribution >= 0.6 is 0 Å². The summed E-state index contributed by atoms with van der Waals surface area (Å²) in [6.07, 6.45) is 4.61. The molecule has 11 nitrogen and oxygen atoms in total. The summed E-state index contributed by atoms with van der Waals surface area (Å²) in [5, 5.41) is 8.22. The monoisotopic (exact) mass is 640 g/mol. The first kappa shape index (κ1) is 35.5. The number of hydrogen-bond donors (Lipinski definition) is 1. The Kier molecular flexibility index (Phi) is 11.6. The van der Waals surface area contributed by atoms with Gasteiger partial charge in [0.15, 0.2) is 5.82 Å². The standard InChI is InChI=1S/C34H53FN8O3/c1-22(2)28(10-9-14-40(8)17-25(7)30(36)44)42-19-34(20-42)13-15-41(18-34)31-32(39-38-21-37-31)46-29-12-11-26(35)16-27(29)33(45)43(23(3)4)24(5)6/h11-12,16,21-25,28H,9-10,13-15,17-20H2,1-8H3,(H2,36,44)/t25-,28?/m1/s1. The highest BCUT2D eigenvalue weighted by atomic mass is 19.1. The Bertz CT molecular complexity index is 1340. The van der Waals surface area contributed by atoms with Crippen LogP contribution in [0.1, 0.15) is 78.1 Å². The van der Waals surface area contributed by atoms with Gasteiger partial charge < -0.3 is 25.2 Å². The Morgan fingerprint density at radius 1 is 1.09 bits per heavy atom. The first-order valence-corrected chi connectivity index (χ1v) is 16.7. The summed E-state index contributed by atoms with van der Waals surface area (Å²) in [5.41, 5.74) is 5.74. The molecule has 2 N–H and O–H groups in total. The highest BCUT2D eigenvalue weighted by molar-refractivity contribution is 5.97. The van der Waals surface area contributed by atoms with E-state index in [0.29, 0.717) is 24.3 Å². The van der Waals surface area contributed by atoms with Crippen LogP contribution in [0.4, 0.5) is 10.2 Å². The average molecular weight is 641 g/mol. The number of carbonyl (C=O) groups is 2. The number of benzene rings is 1. The van der Waals surface area contributed by atoms with Gasteiger partial charge in [0.05, 0.1) is 5.56 Å². The van der Waals surface area contributed by atoms with Crippen molar-refractivity contribution < 1.29 is 18.7 Å². The van der Waals surface area contributed by atoms with Crippen molar-refractivity contribution in [3.05, 3.63) is 35.9 Å². The minimum atomic E-state index is -0.513. The van der Waals surface area contributed by atoms with Gasteiger partial charge in [-0.25, -0.2) is 9.37 Å². The number of amides is 2. The molecule has 2 aliphatic rings. The average Bonchev–Trinajstić information content (AvgIpc) is 3.41. The first-order valence-electron chi connectivity index (χ1n) is 16.7. The summed E-state index contributed by atoms with van der Waals surface area (Å²) in [5.74, 6) is 0.307. The molecule has 0 aliphatic carbocycles. The number of carbonyl (C=O) groups excluding carboxylic acids is 2. The quantitative estimate of drug-likeness (QED) is 0.301. The Balaban J connectivity index is 1.41. The number of nitrogens with two attached hydrogens (primary N) is 1. The Hall–Kier alpha value is -3.38. The van der Waals surface area contributed by atoms with E-state index in [4.69, 9.17) is 10.5 Å². The normalized spacial score (nSPS) is 17.6. The predicted molar refractivity (Wildman–Crippen MR) is 177 cm³/mol. The second-order valence-corrected chi connectivity index (χ2v) is 14.3. The summed E-state index contributed by atoms with van der Waals surface area (Å²) < 4.78 is 20.6. The Morgan fingerprint density at radius 2 is 1.78 bits per heavy atom. The molecule has 0 saturated carbocycles. The van der Waals surface area contributed by atoms with Crippen molar-refractivity contribution in [2.75, 3.05) is 51.2 Å². The SMILES string of the molecule is CC(C)C(CCCN(C)C[C@@H](C)C(N)=O)N1CC2(CCN(c3ncnnc3Oc3ccc(F)cc3C(=O)N(C(C)C)C(C)C)C2)C1. The zero-order valence-electron chi connectivity index (χ0n) is 28.9. The molecule has 2 amide bonds. The smallest absolute Gasteiger partial charge is 0.282 e. The first-order chi connectivity index (χ1) is 21.7. The van der Waals surface area contributed by atoms with E-state index in [0.717, 1.165) is 52.0 Å². The van der Waals surface area contributed by atoms with Crippen molar-refractivity contribution in [2.45, 2.75) is 85.9 Å². The largest absolute Gasteiger partial charge is 0.434 e. The number of anilines is 1. The molecular formula is C34H53FN8O3. The third-order valence-corrected chi connectivity index (χ3v) is 9.46. The van der Waals surface area contributed by atoms with Crippen LogP contribution in [0.2, 0.25) is 0 Å². The molecule has 254 valence electrons. The number of rotatable bonds is 15. The third-order valence-electron chi connectivity index (χ3n) is 9.46. The van der Waals surface area contributed by atoms with Crippen molar-refractivity contribution in [3.8, 4) is 11.6 Å². The van der Waals surface area contributed by atoms with Gasteiger partial charge >= 0.3 is 0 Å². The summed E-state index contributed by atoms with van der Waals surface area (Å²) in [4.78, 5) is 38.2. The van der Waals surface area contributed by atoms with Gasteiger partial charge in [0.1, 0.15) is 17.9 Å². The van der Waals surface area contributed by atoms with Crippen molar-refractivity contribution >= 4 is 17.6 Å². The molecule has 4 rings (SSSR count). The molecule has 2 atom stereocenters. The van der Waals surface area contributed by atoms with Crippen molar-refractivity contribution in [2.24, 2.45) is 23.0 Å². The van der Waals surface area contributed by atoms with Crippen LogP contribution in [-0.4, -0.2) is 106 Å². The lowest BCUT2D eigenvalue weighted by Crippen LogP contribution is -2.62. The fraction of sp³-hybridized carbons (Fsp3) is 0.676. The van der Waals surface area contributed by atoms with Crippen LogP contribution in [0.3, 0.4) is 0 Å². The molecule has 2 saturated heterocycles. The molecule has 2 fully saturated rings. The summed E-state index contributed by atoms with van der Waals surface area (Å²) in [6.45, 7) is 19.5. The van der Waals surface area contributed by atoms with E-state index >= 15 is 0 Å². The highest BCUT2D eigenvalue weighted by Gasteiger charge is 2.50. The molecular weight excluding hydrogens is 587 g/mol. The number of primary amides is 1. The van der Waals surface area contributed by atoms with Crippen LogP contribution in [0.15, 0.2) is 24.5 Å². The number of ether oxygens (including phenoxy) is 1. The summed E-state index contributed by atoms with van der Waals surface area (Å²) in [6, 6.07) is 4.31. The fourth-order valence-corrected chi connectivity index (χ4v) is 7.19. The van der Waals surface area contributed by atoms with Gasteiger partial charge in [-0.1, -0.05) is 20.8 Å². The van der Waals surface area contributed by atoms with Gasteiger partial charge in [0.2, 0.25) is 5.91 Å². The van der Waals surface area contributed by atoms with E-state index in [9.17, 15) is 14.0 Å². The lowest BCUT2D eigenvalue weighted by molar-refractivity contribution is -0.121. The molecule has 0 radical (unpaired) electrons. The van der Waals surface area contributed by atoms with Gasteiger partial charge in [-0.2, -0.15) is 0 Å². The van der Waals surface area contributed by atoms with E-state index in [1.54, 1.807) is 4.90 Å². The zero-order chi connectivity index (χ0) is 33.8. The third kappa shape index (κ3) is 8.31. The van der Waals surface area contributed by atoms with E-state index in [1.165, 1.54) is 24.5 Å². The number of hydrogen-bond acceptors (Lipinski definition) is 9. The number of halogens is 1. The highest BCUT2D eigenvalue weighted by Crippen LogP contribution is 2.44. The van der Waals surface area contributed by atoms with E-state index in [-0.39, 0.29) is 52.4 Å². The van der Waals surface area contributed by atoms with E-state index in [2.05, 4.69) is 50.8 Å². The molecule has 1 unspecified atom stereocenters. The molecule has 12 heteroatoms. The summed E-state index contributed by atoms with van der Waals surface area (Å²) >= 11 is 0. The second-order valence-electron chi connectivity index (χ2n) is 14.3. The lowest BCUT2D eigenvalue weighted by Gasteiger charge is -2.53. The molecule has 1 aromatic carbocycles. The molecule has 1 aromatic heterocycles. The van der Waals surface area contributed by atoms with Gasteiger partial charge in [-0.05, 0) is 84.7 Å². The van der Waals surface area contributed by atoms with Crippen LogP contribution in [0.25, 0.3) is 0 Å². The predicted octanol–water partition coefficient (Wildman–Crippen LogP) is 4.43. The maximum Gasteiger partial charge on any atom is 0.282 e. The van der Waals surface area contributed by atoms with Crippen molar-refractivity contribution in [3.63, 3.8) is 0 Å². The van der Waals surface area contributed by atoms with Crippen LogP contribution < -0.4 is 15.4 Å². The Morgan fingerprint density at radius 3 is 2.41 bits per heavy atom. The molecule has 2 aliphatic heterocycles. The van der Waals surface area contributed by atoms with Crippen LogP contribution in [-0.2, 0) is 4.79 Å². The molecule has 46 heavy (non-hydrogen) atoms.